The van der Waals surface area contributed by atoms with E-state index in [1.807, 2.05) is 0 Å². The van der Waals surface area contributed by atoms with Crippen molar-refractivity contribution in [3.63, 3.8) is 0 Å². The molecule has 1 aromatic heterocycles. The Morgan fingerprint density at radius 3 is 2.58 bits per heavy atom. The van der Waals surface area contributed by atoms with Crippen LogP contribution in [0.3, 0.4) is 0 Å². The summed E-state index contributed by atoms with van der Waals surface area (Å²) in [4.78, 5) is 24.9. The molecular formula is C19H19FN2O2. The highest BCUT2D eigenvalue weighted by Crippen LogP contribution is 2.57. The third kappa shape index (κ3) is 2.75. The minimum absolute atomic E-state index is 0.0265. The Morgan fingerprint density at radius 2 is 1.88 bits per heavy atom. The van der Waals surface area contributed by atoms with Gasteiger partial charge in [-0.2, -0.15) is 0 Å². The monoisotopic (exact) mass is 326 g/mol. The van der Waals surface area contributed by atoms with E-state index in [1.165, 1.54) is 23.1 Å². The van der Waals surface area contributed by atoms with Crippen molar-refractivity contribution >= 4 is 11.6 Å². The van der Waals surface area contributed by atoms with E-state index in [0.29, 0.717) is 24.1 Å². The Bertz CT molecular complexity index is 818. The van der Waals surface area contributed by atoms with Crippen molar-refractivity contribution in [3.8, 4) is 0 Å². The molecule has 24 heavy (non-hydrogen) atoms. The SMILES string of the molecule is O=C(Nc1cccn(Cc2ccc(F)cc2)c1=O)C1[C@H]2CCC[C@@H]12. The summed E-state index contributed by atoms with van der Waals surface area (Å²) < 4.78 is 14.5. The van der Waals surface area contributed by atoms with Crippen molar-refractivity contribution in [2.45, 2.75) is 25.8 Å². The molecule has 1 N–H and O–H groups in total. The number of carbonyl (C=O) groups is 1. The Labute approximate surface area is 139 Å². The van der Waals surface area contributed by atoms with Crippen molar-refractivity contribution in [2.24, 2.45) is 17.8 Å². The molecule has 1 unspecified atom stereocenters. The lowest BCUT2D eigenvalue weighted by Crippen LogP contribution is -2.27. The molecule has 2 aliphatic rings. The first-order chi connectivity index (χ1) is 11.6. The highest BCUT2D eigenvalue weighted by Gasteiger charge is 2.56. The van der Waals surface area contributed by atoms with Crippen molar-refractivity contribution in [3.05, 3.63) is 64.3 Å². The highest BCUT2D eigenvalue weighted by atomic mass is 19.1. The Balaban J connectivity index is 1.49. The van der Waals surface area contributed by atoms with E-state index in [1.54, 1.807) is 30.5 Å². The lowest BCUT2D eigenvalue weighted by atomic mass is 10.1. The van der Waals surface area contributed by atoms with Crippen LogP contribution in [0.4, 0.5) is 10.1 Å². The van der Waals surface area contributed by atoms with Crippen LogP contribution in [0.15, 0.2) is 47.4 Å². The van der Waals surface area contributed by atoms with Crippen LogP contribution in [-0.2, 0) is 11.3 Å². The van der Waals surface area contributed by atoms with Gasteiger partial charge in [0.1, 0.15) is 11.5 Å². The summed E-state index contributed by atoms with van der Waals surface area (Å²) in [6, 6.07) is 9.43. The number of rotatable bonds is 4. The van der Waals surface area contributed by atoms with Gasteiger partial charge in [0, 0.05) is 12.1 Å². The maximum Gasteiger partial charge on any atom is 0.274 e. The second-order valence-electron chi connectivity index (χ2n) is 6.76. The number of fused-ring (bicyclic) bond motifs is 1. The predicted molar refractivity (Wildman–Crippen MR) is 89.2 cm³/mol. The average molecular weight is 326 g/mol. The summed E-state index contributed by atoms with van der Waals surface area (Å²) in [5.74, 6) is 0.803. The first-order valence-electron chi connectivity index (χ1n) is 8.38. The van der Waals surface area contributed by atoms with Gasteiger partial charge in [0.25, 0.3) is 5.56 Å². The molecule has 1 heterocycles. The lowest BCUT2D eigenvalue weighted by Gasteiger charge is -2.10. The number of amides is 1. The minimum atomic E-state index is -0.304. The molecule has 0 aliphatic heterocycles. The molecule has 5 heteroatoms. The second kappa shape index (κ2) is 5.89. The summed E-state index contributed by atoms with van der Waals surface area (Å²) >= 11 is 0. The summed E-state index contributed by atoms with van der Waals surface area (Å²) in [5.41, 5.74) is 0.911. The largest absolute Gasteiger partial charge is 0.321 e. The van der Waals surface area contributed by atoms with E-state index in [-0.39, 0.29) is 23.2 Å². The zero-order valence-electron chi connectivity index (χ0n) is 13.2. The Hall–Kier alpha value is -2.43. The molecule has 0 bridgehead atoms. The number of anilines is 1. The molecule has 2 saturated carbocycles. The third-order valence-electron chi connectivity index (χ3n) is 5.25. The molecule has 0 spiro atoms. The first-order valence-corrected chi connectivity index (χ1v) is 8.38. The van der Waals surface area contributed by atoms with Gasteiger partial charge in [-0.3, -0.25) is 9.59 Å². The molecule has 3 atom stereocenters. The number of halogens is 1. The van der Waals surface area contributed by atoms with E-state index in [0.717, 1.165) is 18.4 Å². The standard InChI is InChI=1S/C19H19FN2O2/c20-13-8-6-12(7-9-13)11-22-10-2-5-16(19(22)24)21-18(23)17-14-3-1-4-15(14)17/h2,5-10,14-15,17H,1,3-4,11H2,(H,21,23)/t14-,15+,17?. The van der Waals surface area contributed by atoms with Gasteiger partial charge in [0.05, 0.1) is 6.54 Å². The summed E-state index contributed by atoms with van der Waals surface area (Å²) in [6.45, 7) is 0.345. The molecule has 2 aromatic rings. The van der Waals surface area contributed by atoms with Gasteiger partial charge in [-0.05, 0) is 54.5 Å². The molecule has 4 nitrogen and oxygen atoms in total. The number of hydrogen-bond donors (Lipinski definition) is 1. The van der Waals surface area contributed by atoms with E-state index in [9.17, 15) is 14.0 Å². The maximum atomic E-state index is 13.0. The van der Waals surface area contributed by atoms with Crippen LogP contribution in [-0.4, -0.2) is 10.5 Å². The zero-order chi connectivity index (χ0) is 16.7. The van der Waals surface area contributed by atoms with Crippen molar-refractivity contribution < 1.29 is 9.18 Å². The van der Waals surface area contributed by atoms with Crippen LogP contribution in [0.1, 0.15) is 24.8 Å². The second-order valence-corrected chi connectivity index (χ2v) is 6.76. The highest BCUT2D eigenvalue weighted by molar-refractivity contribution is 5.94. The normalized spacial score (nSPS) is 24.5. The van der Waals surface area contributed by atoms with E-state index >= 15 is 0 Å². The van der Waals surface area contributed by atoms with Gasteiger partial charge in [-0.1, -0.05) is 18.6 Å². The molecule has 0 saturated heterocycles. The predicted octanol–water partition coefficient (Wildman–Crippen LogP) is 3.02. The first kappa shape index (κ1) is 15.1. The molecule has 0 radical (unpaired) electrons. The van der Waals surface area contributed by atoms with Gasteiger partial charge in [0.2, 0.25) is 5.91 Å². The number of carbonyl (C=O) groups excluding carboxylic acids is 1. The fourth-order valence-electron chi connectivity index (χ4n) is 3.97. The van der Waals surface area contributed by atoms with Gasteiger partial charge >= 0.3 is 0 Å². The van der Waals surface area contributed by atoms with E-state index < -0.39 is 0 Å². The van der Waals surface area contributed by atoms with Crippen molar-refractivity contribution in [2.75, 3.05) is 5.32 Å². The zero-order valence-corrected chi connectivity index (χ0v) is 13.2. The van der Waals surface area contributed by atoms with Crippen molar-refractivity contribution in [1.29, 1.82) is 0 Å². The molecule has 4 rings (SSSR count). The van der Waals surface area contributed by atoms with Gasteiger partial charge in [0.15, 0.2) is 0 Å². The van der Waals surface area contributed by atoms with Crippen LogP contribution < -0.4 is 10.9 Å². The molecule has 124 valence electrons. The quantitative estimate of drug-likeness (QED) is 0.939. The van der Waals surface area contributed by atoms with E-state index in [4.69, 9.17) is 0 Å². The van der Waals surface area contributed by atoms with Crippen LogP contribution in [0.25, 0.3) is 0 Å². The number of pyridine rings is 1. The van der Waals surface area contributed by atoms with Crippen LogP contribution >= 0.6 is 0 Å². The number of aromatic nitrogens is 1. The minimum Gasteiger partial charge on any atom is -0.321 e. The summed E-state index contributed by atoms with van der Waals surface area (Å²) in [6.07, 6.45) is 5.15. The Kier molecular flexibility index (Phi) is 3.71. The maximum absolute atomic E-state index is 13.0. The fourth-order valence-corrected chi connectivity index (χ4v) is 3.97. The number of nitrogens with one attached hydrogen (secondary N) is 1. The topological polar surface area (TPSA) is 51.1 Å². The van der Waals surface area contributed by atoms with Crippen LogP contribution in [0, 0.1) is 23.6 Å². The summed E-state index contributed by atoms with van der Waals surface area (Å²) in [5, 5.41) is 2.80. The lowest BCUT2D eigenvalue weighted by molar-refractivity contribution is -0.118. The molecule has 2 aliphatic carbocycles. The Morgan fingerprint density at radius 1 is 1.17 bits per heavy atom. The van der Waals surface area contributed by atoms with Crippen LogP contribution in [0.5, 0.6) is 0 Å². The third-order valence-corrected chi connectivity index (χ3v) is 5.25. The van der Waals surface area contributed by atoms with Gasteiger partial charge < -0.3 is 9.88 Å². The van der Waals surface area contributed by atoms with Crippen LogP contribution in [0.2, 0.25) is 0 Å². The van der Waals surface area contributed by atoms with E-state index in [2.05, 4.69) is 5.32 Å². The van der Waals surface area contributed by atoms with Crippen molar-refractivity contribution in [1.82, 2.24) is 4.57 Å². The smallest absolute Gasteiger partial charge is 0.274 e. The average Bonchev–Trinajstić information content (AvgIpc) is 3.06. The molecule has 1 aromatic carbocycles. The number of nitrogens with zero attached hydrogens (tertiary/aromatic N) is 1. The molecule has 2 fully saturated rings. The molecular weight excluding hydrogens is 307 g/mol. The molecule has 1 amide bonds. The fraction of sp³-hybridized carbons (Fsp3) is 0.368. The van der Waals surface area contributed by atoms with Gasteiger partial charge in [-0.25, -0.2) is 4.39 Å². The summed E-state index contributed by atoms with van der Waals surface area (Å²) in [7, 11) is 0. The number of hydrogen-bond acceptors (Lipinski definition) is 2. The van der Waals surface area contributed by atoms with Gasteiger partial charge in [-0.15, -0.1) is 0 Å². The number of benzene rings is 1.